The van der Waals surface area contributed by atoms with Crippen LogP contribution in [-0.2, 0) is 9.47 Å². The van der Waals surface area contributed by atoms with Gasteiger partial charge >= 0.3 is 11.9 Å². The van der Waals surface area contributed by atoms with Crippen molar-refractivity contribution in [3.63, 3.8) is 0 Å². The molecule has 2 atom stereocenters. The molecule has 0 aliphatic carbocycles. The maximum Gasteiger partial charge on any atom is 0.338 e. The summed E-state index contributed by atoms with van der Waals surface area (Å²) in [6.07, 6.45) is 31.9. The number of carbonyl (C=O) groups is 2. The van der Waals surface area contributed by atoms with Gasteiger partial charge in [-0.05, 0) is 211 Å². The van der Waals surface area contributed by atoms with Gasteiger partial charge < -0.3 is 29.4 Å². The number of hydrogen-bond donors (Lipinski definition) is 4. The van der Waals surface area contributed by atoms with Gasteiger partial charge in [0, 0.05) is 88.6 Å². The predicted octanol–water partition coefficient (Wildman–Crippen LogP) is 28.6. The molecule has 8 aromatic carbocycles. The monoisotopic (exact) mass is 1580 g/mol. The zero-order valence-corrected chi connectivity index (χ0v) is 68.4. The van der Waals surface area contributed by atoms with Crippen LogP contribution in [0.3, 0.4) is 0 Å². The second kappa shape index (κ2) is 36.4. The van der Waals surface area contributed by atoms with Gasteiger partial charge in [0.2, 0.25) is 0 Å². The van der Waals surface area contributed by atoms with Crippen LogP contribution >= 0.6 is 0 Å². The van der Waals surface area contributed by atoms with Crippen molar-refractivity contribution in [3.05, 3.63) is 336 Å². The average molecular weight is 1580 g/mol. The maximum atomic E-state index is 14.5. The fourth-order valence-corrected chi connectivity index (χ4v) is 17.5. The van der Waals surface area contributed by atoms with Crippen LogP contribution < -0.4 is 0 Å². The van der Waals surface area contributed by atoms with E-state index < -0.39 is 0 Å². The first-order chi connectivity index (χ1) is 59.7. The van der Waals surface area contributed by atoms with Crippen LogP contribution in [0.2, 0.25) is 0 Å². The Balaban J connectivity index is 0.563. The first kappa shape index (κ1) is 78.1. The molecule has 0 saturated carbocycles. The van der Waals surface area contributed by atoms with Crippen molar-refractivity contribution in [1.29, 1.82) is 0 Å². The summed E-state index contributed by atoms with van der Waals surface area (Å²) < 4.78 is 12.7. The van der Waals surface area contributed by atoms with Gasteiger partial charge in [-0.1, -0.05) is 271 Å². The molecule has 10 heterocycles. The van der Waals surface area contributed by atoms with Crippen LogP contribution in [0.15, 0.2) is 279 Å². The number of nitrogens with one attached hydrogen (secondary N) is 4. The van der Waals surface area contributed by atoms with Crippen LogP contribution in [0.25, 0.3) is 182 Å². The van der Waals surface area contributed by atoms with Gasteiger partial charge in [-0.25, -0.2) is 29.5 Å². The van der Waals surface area contributed by atoms with Crippen LogP contribution in [0.5, 0.6) is 0 Å². The summed E-state index contributed by atoms with van der Waals surface area (Å²) in [5.41, 5.74) is 30.6. The van der Waals surface area contributed by atoms with Crippen molar-refractivity contribution in [3.8, 4) is 89.0 Å². The highest BCUT2D eigenvalue weighted by Crippen LogP contribution is 2.43. The quantitative estimate of drug-likeness (QED) is 0.0278. The van der Waals surface area contributed by atoms with Crippen LogP contribution in [-0.4, -0.2) is 64.0 Å². The van der Waals surface area contributed by atoms with Crippen molar-refractivity contribution < 1.29 is 19.1 Å². The second-order valence-corrected chi connectivity index (χ2v) is 31.9. The van der Waals surface area contributed by atoms with Gasteiger partial charge in [-0.3, -0.25) is 0 Å². The Morgan fingerprint density at radius 3 is 0.694 bits per heavy atom. The van der Waals surface area contributed by atoms with E-state index in [2.05, 4.69) is 270 Å². The molecular formula is C109H96N8O4. The van der Waals surface area contributed by atoms with E-state index in [0.29, 0.717) is 11.1 Å². The third kappa shape index (κ3) is 17.3. The first-order valence-corrected chi connectivity index (χ1v) is 43.0. The predicted molar refractivity (Wildman–Crippen MR) is 500 cm³/mol. The fraction of sp³-hybridized carbons (Fsp3) is 0.174. The van der Waals surface area contributed by atoms with E-state index in [0.717, 1.165) is 243 Å². The molecule has 121 heavy (non-hydrogen) atoms. The Morgan fingerprint density at radius 1 is 0.248 bits per heavy atom. The Bertz CT molecular complexity index is 6520. The highest BCUT2D eigenvalue weighted by atomic mass is 16.5. The van der Waals surface area contributed by atoms with Crippen LogP contribution in [0, 0.1) is 0 Å². The lowest BCUT2D eigenvalue weighted by molar-refractivity contribution is 0.0248. The molecule has 0 fully saturated rings. The lowest BCUT2D eigenvalue weighted by Gasteiger charge is -2.18. The number of nitrogens with zero attached hydrogens (tertiary/aromatic N) is 4. The SMILES string of the molecule is CCCCCCCCCC(CCCCCCC[C@@H](C)OC(=O)c1ccc(-c2c3nc(c(-c4ccccc4)c4ccc([nH]4)c(-c4ccccc4)c4nc(c(-c5ccccc5)c5ccc2[nH]5)C=C4)C=C3)cc1)OC(=O)c1ccc(-c2c3nc(c(-c4ccccc4)c4ccc([nH]4)c(-c4ccccc4)c4nc(c(-c5ccccc5)c5ccc2[nH]5)C=C4)C=C3)cc1. The Hall–Kier alpha value is -14.1. The van der Waals surface area contributed by atoms with Gasteiger partial charge in [0.05, 0.1) is 62.8 Å². The highest BCUT2D eigenvalue weighted by Gasteiger charge is 2.25. The van der Waals surface area contributed by atoms with Gasteiger partial charge in [0.1, 0.15) is 6.10 Å². The van der Waals surface area contributed by atoms with Crippen LogP contribution in [0.4, 0.5) is 0 Å². The zero-order chi connectivity index (χ0) is 81.8. The molecule has 18 rings (SSSR count). The van der Waals surface area contributed by atoms with Crippen molar-refractivity contribution in [2.45, 2.75) is 122 Å². The molecule has 4 N–H and O–H groups in total. The summed E-state index contributed by atoms with van der Waals surface area (Å²) in [7, 11) is 0. The molecule has 14 aromatic rings. The number of carbonyl (C=O) groups excluding carboxylic acids is 2. The van der Waals surface area contributed by atoms with Crippen molar-refractivity contribution in [2.24, 2.45) is 0 Å². The molecule has 12 nitrogen and oxygen atoms in total. The van der Waals surface area contributed by atoms with Gasteiger partial charge in [0.25, 0.3) is 0 Å². The van der Waals surface area contributed by atoms with E-state index in [1.165, 1.54) is 32.1 Å². The topological polar surface area (TPSA) is 167 Å². The molecule has 16 bridgehead atoms. The first-order valence-electron chi connectivity index (χ1n) is 43.0. The Morgan fingerprint density at radius 2 is 0.455 bits per heavy atom. The molecular weight excluding hydrogens is 1490 g/mol. The van der Waals surface area contributed by atoms with Crippen LogP contribution in [0.1, 0.15) is 176 Å². The van der Waals surface area contributed by atoms with Gasteiger partial charge in [-0.15, -0.1) is 0 Å². The molecule has 1 unspecified atom stereocenters. The summed E-state index contributed by atoms with van der Waals surface area (Å²) in [6.45, 7) is 4.25. The second-order valence-electron chi connectivity index (χ2n) is 31.9. The number of H-pyrrole nitrogens is 4. The number of rotatable bonds is 28. The normalized spacial score (nSPS) is 12.6. The minimum absolute atomic E-state index is 0.206. The molecule has 0 spiro atoms. The average Bonchev–Trinajstić information content (AvgIpc) is 1.62. The molecule has 596 valence electrons. The van der Waals surface area contributed by atoms with E-state index in [1.54, 1.807) is 0 Å². The summed E-state index contributed by atoms with van der Waals surface area (Å²) in [6, 6.07) is 95.4. The number of aromatic amines is 4. The molecule has 0 saturated heterocycles. The third-order valence-electron chi connectivity index (χ3n) is 23.5. The highest BCUT2D eigenvalue weighted by molar-refractivity contribution is 6.04. The van der Waals surface area contributed by atoms with Crippen molar-refractivity contribution in [2.75, 3.05) is 0 Å². The van der Waals surface area contributed by atoms with E-state index in [1.807, 2.05) is 91.9 Å². The number of ether oxygens (including phenoxy) is 2. The number of hydrogen-bond acceptors (Lipinski definition) is 8. The molecule has 6 aromatic heterocycles. The van der Waals surface area contributed by atoms with E-state index in [4.69, 9.17) is 29.4 Å². The largest absolute Gasteiger partial charge is 0.459 e. The van der Waals surface area contributed by atoms with Gasteiger partial charge in [-0.2, -0.15) is 0 Å². The number of aromatic nitrogens is 8. The van der Waals surface area contributed by atoms with E-state index in [9.17, 15) is 9.59 Å². The Kier molecular flexibility index (Phi) is 23.5. The molecule has 4 aliphatic rings. The smallest absolute Gasteiger partial charge is 0.338 e. The van der Waals surface area contributed by atoms with Gasteiger partial charge in [0.15, 0.2) is 0 Å². The van der Waals surface area contributed by atoms with E-state index in [-0.39, 0.29) is 24.1 Å². The Labute approximate surface area is 706 Å². The molecule has 12 heteroatoms. The maximum absolute atomic E-state index is 14.5. The third-order valence-corrected chi connectivity index (χ3v) is 23.5. The summed E-state index contributed by atoms with van der Waals surface area (Å²) in [4.78, 5) is 65.9. The zero-order valence-electron chi connectivity index (χ0n) is 68.4. The fourth-order valence-electron chi connectivity index (χ4n) is 17.5. The summed E-state index contributed by atoms with van der Waals surface area (Å²) in [5.74, 6) is -0.667. The number of fused-ring (bicyclic) bond motifs is 16. The number of unbranched alkanes of at least 4 members (excludes halogenated alkanes) is 10. The van der Waals surface area contributed by atoms with E-state index >= 15 is 0 Å². The lowest BCUT2D eigenvalue weighted by atomic mass is 10.0. The molecule has 0 amide bonds. The lowest BCUT2D eigenvalue weighted by Crippen LogP contribution is -2.18. The number of esters is 2. The van der Waals surface area contributed by atoms with Crippen molar-refractivity contribution >= 4 is 105 Å². The molecule has 4 aliphatic heterocycles. The minimum Gasteiger partial charge on any atom is -0.459 e. The standard InChI is InChI=1S/C109H96N8O4/c1-3-4-5-6-7-10-31-46-83(121-109(119)82-54-50-80(51-55-82)107-98-70-66-94(116-98)104(77-42-27-16-28-43-77)90-62-58-86(112-90)101(74-36-21-13-22-37-74)87-59-63-91(113-87)105(78-44-29-17-30-45-78)95-67-71-99(107)117-95)47-32-11-8-9-18-33-72(2)120-108(118)81-52-48-79(49-53-81)106-96-68-64-92(114-96)102(75-38-23-14-24-39-75)88-60-56-84(110-88)100(73-34-19-12-20-35-73)85-57-61-89(111-85)103(76-40-25-15-26-41-76)93-65-69-97(106)115-93/h12-17,19-30,34-45,48-72,83,110,112,115,117H,3-11,18,31-33,46-47H2,1-2H3/t72-,83?/m1/s1. The minimum atomic E-state index is -0.355. The summed E-state index contributed by atoms with van der Waals surface area (Å²) in [5, 5.41) is 0. The number of benzene rings is 8. The molecule has 0 radical (unpaired) electrons. The van der Waals surface area contributed by atoms with Crippen molar-refractivity contribution in [1.82, 2.24) is 39.9 Å². The summed E-state index contributed by atoms with van der Waals surface area (Å²) >= 11 is 0.